The standard InChI is InChI=1S/C18H19FN4O2S/c1-12-18(13(2)23-22-12)26(24,25)21-11-16(17-5-3-4-10-20-17)14-6-8-15(19)9-7-14/h3-10,16,21H,11H2,1-2H3,(H,22,23). The first-order valence-corrected chi connectivity index (χ1v) is 9.54. The topological polar surface area (TPSA) is 87.7 Å². The van der Waals surface area contributed by atoms with Crippen LogP contribution in [0.3, 0.4) is 0 Å². The Labute approximate surface area is 151 Å². The summed E-state index contributed by atoms with van der Waals surface area (Å²) in [5, 5.41) is 6.61. The van der Waals surface area contributed by atoms with Gasteiger partial charge in [-0.05, 0) is 43.7 Å². The highest BCUT2D eigenvalue weighted by molar-refractivity contribution is 7.89. The number of aromatic amines is 1. The number of pyridine rings is 1. The number of aryl methyl sites for hydroxylation is 2. The smallest absolute Gasteiger partial charge is 0.244 e. The van der Waals surface area contributed by atoms with E-state index in [1.165, 1.54) is 12.1 Å². The van der Waals surface area contributed by atoms with E-state index in [0.717, 1.165) is 5.56 Å². The lowest BCUT2D eigenvalue weighted by Gasteiger charge is -2.18. The van der Waals surface area contributed by atoms with Gasteiger partial charge in [-0.25, -0.2) is 17.5 Å². The van der Waals surface area contributed by atoms with Crippen LogP contribution in [0.2, 0.25) is 0 Å². The Hall–Kier alpha value is -2.58. The Morgan fingerprint density at radius 3 is 2.46 bits per heavy atom. The molecule has 26 heavy (non-hydrogen) atoms. The SMILES string of the molecule is Cc1n[nH]c(C)c1S(=O)(=O)NCC(c1ccc(F)cc1)c1ccccn1. The first kappa shape index (κ1) is 18.2. The molecule has 0 aliphatic heterocycles. The number of hydrogen-bond donors (Lipinski definition) is 2. The molecule has 0 amide bonds. The highest BCUT2D eigenvalue weighted by Crippen LogP contribution is 2.24. The number of aromatic nitrogens is 3. The Kier molecular flexibility index (Phi) is 5.15. The zero-order valence-corrected chi connectivity index (χ0v) is 15.2. The molecule has 0 saturated carbocycles. The van der Waals surface area contributed by atoms with Gasteiger partial charge in [0.15, 0.2) is 0 Å². The molecule has 2 N–H and O–H groups in total. The minimum Gasteiger partial charge on any atom is -0.281 e. The third-order valence-corrected chi connectivity index (χ3v) is 5.81. The van der Waals surface area contributed by atoms with Crippen molar-refractivity contribution in [1.29, 1.82) is 0 Å². The molecule has 0 bridgehead atoms. The summed E-state index contributed by atoms with van der Waals surface area (Å²) >= 11 is 0. The molecular weight excluding hydrogens is 355 g/mol. The predicted molar refractivity (Wildman–Crippen MR) is 95.7 cm³/mol. The Bertz CT molecular complexity index is 966. The quantitative estimate of drug-likeness (QED) is 0.694. The molecule has 2 aromatic heterocycles. The van der Waals surface area contributed by atoms with Gasteiger partial charge in [0.05, 0.1) is 11.4 Å². The lowest BCUT2D eigenvalue weighted by Crippen LogP contribution is -2.30. The molecular formula is C18H19FN4O2S. The van der Waals surface area contributed by atoms with Gasteiger partial charge in [-0.15, -0.1) is 0 Å². The molecule has 2 heterocycles. The maximum absolute atomic E-state index is 13.3. The molecule has 1 atom stereocenters. The van der Waals surface area contributed by atoms with Crippen LogP contribution in [0.25, 0.3) is 0 Å². The van der Waals surface area contributed by atoms with Gasteiger partial charge in [-0.2, -0.15) is 5.10 Å². The number of nitrogens with zero attached hydrogens (tertiary/aromatic N) is 2. The van der Waals surface area contributed by atoms with Gasteiger partial charge in [0.2, 0.25) is 10.0 Å². The molecule has 0 fully saturated rings. The van der Waals surface area contributed by atoms with Crippen LogP contribution in [0.4, 0.5) is 4.39 Å². The molecule has 0 saturated heterocycles. The molecule has 1 unspecified atom stereocenters. The van der Waals surface area contributed by atoms with E-state index in [4.69, 9.17) is 0 Å². The first-order valence-electron chi connectivity index (χ1n) is 8.06. The van der Waals surface area contributed by atoms with Gasteiger partial charge in [0.25, 0.3) is 0 Å². The average Bonchev–Trinajstić information content (AvgIpc) is 2.97. The summed E-state index contributed by atoms with van der Waals surface area (Å²) in [5.74, 6) is -0.696. The van der Waals surface area contributed by atoms with Gasteiger partial charge in [0.1, 0.15) is 10.7 Å². The number of sulfonamides is 1. The maximum atomic E-state index is 13.3. The lowest BCUT2D eigenvalue weighted by molar-refractivity contribution is 0.575. The number of benzene rings is 1. The van der Waals surface area contributed by atoms with E-state index in [1.807, 2.05) is 12.1 Å². The average molecular weight is 374 g/mol. The predicted octanol–water partition coefficient (Wildman–Crippen LogP) is 2.67. The first-order chi connectivity index (χ1) is 12.4. The summed E-state index contributed by atoms with van der Waals surface area (Å²) in [6.45, 7) is 3.38. The van der Waals surface area contributed by atoms with Crippen molar-refractivity contribution in [2.75, 3.05) is 6.54 Å². The molecule has 1 aromatic carbocycles. The largest absolute Gasteiger partial charge is 0.281 e. The van der Waals surface area contributed by atoms with E-state index >= 15 is 0 Å². The third-order valence-electron chi connectivity index (χ3n) is 4.12. The lowest BCUT2D eigenvalue weighted by atomic mass is 9.95. The zero-order chi connectivity index (χ0) is 18.7. The van der Waals surface area contributed by atoms with E-state index in [9.17, 15) is 12.8 Å². The molecule has 136 valence electrons. The fraction of sp³-hybridized carbons (Fsp3) is 0.222. The van der Waals surface area contributed by atoms with Crippen LogP contribution < -0.4 is 4.72 Å². The molecule has 0 spiro atoms. The van der Waals surface area contributed by atoms with Crippen molar-refractivity contribution in [3.8, 4) is 0 Å². The number of halogens is 1. The molecule has 6 nitrogen and oxygen atoms in total. The highest BCUT2D eigenvalue weighted by atomic mass is 32.2. The Morgan fingerprint density at radius 1 is 1.15 bits per heavy atom. The van der Waals surface area contributed by atoms with Crippen LogP contribution in [0.1, 0.15) is 28.6 Å². The van der Waals surface area contributed by atoms with E-state index in [-0.39, 0.29) is 23.2 Å². The molecule has 0 aliphatic carbocycles. The van der Waals surface area contributed by atoms with Crippen molar-refractivity contribution in [2.24, 2.45) is 0 Å². The normalized spacial score (nSPS) is 12.9. The minimum absolute atomic E-state index is 0.0923. The van der Waals surface area contributed by atoms with Crippen molar-refractivity contribution in [3.63, 3.8) is 0 Å². The second kappa shape index (κ2) is 7.35. The Balaban J connectivity index is 1.90. The molecule has 3 aromatic rings. The number of rotatable bonds is 6. The van der Waals surface area contributed by atoms with Crippen molar-refractivity contribution in [2.45, 2.75) is 24.7 Å². The summed E-state index contributed by atoms with van der Waals surface area (Å²) in [4.78, 5) is 4.48. The van der Waals surface area contributed by atoms with Crippen molar-refractivity contribution < 1.29 is 12.8 Å². The second-order valence-corrected chi connectivity index (χ2v) is 7.68. The highest BCUT2D eigenvalue weighted by Gasteiger charge is 2.25. The van der Waals surface area contributed by atoms with Crippen LogP contribution in [0.5, 0.6) is 0 Å². The molecule has 8 heteroatoms. The van der Waals surface area contributed by atoms with Gasteiger partial charge in [-0.3, -0.25) is 10.1 Å². The Morgan fingerprint density at radius 2 is 1.88 bits per heavy atom. The van der Waals surface area contributed by atoms with Crippen LogP contribution in [0.15, 0.2) is 53.6 Å². The fourth-order valence-corrected chi connectivity index (χ4v) is 4.29. The van der Waals surface area contributed by atoms with Gasteiger partial charge in [0, 0.05) is 24.4 Å². The van der Waals surface area contributed by atoms with Crippen LogP contribution >= 0.6 is 0 Å². The summed E-state index contributed by atoms with van der Waals surface area (Å²) in [5.41, 5.74) is 2.35. The van der Waals surface area contributed by atoms with E-state index < -0.39 is 10.0 Å². The summed E-state index contributed by atoms with van der Waals surface area (Å²) < 4.78 is 41.3. The monoisotopic (exact) mass is 374 g/mol. The van der Waals surface area contributed by atoms with Crippen molar-refractivity contribution in [3.05, 3.63) is 77.1 Å². The fourth-order valence-electron chi connectivity index (χ4n) is 2.87. The summed E-state index contributed by atoms with van der Waals surface area (Å²) in [6, 6.07) is 11.4. The summed E-state index contributed by atoms with van der Waals surface area (Å²) in [7, 11) is -3.74. The van der Waals surface area contributed by atoms with Crippen LogP contribution in [-0.2, 0) is 10.0 Å². The molecule has 0 radical (unpaired) electrons. The van der Waals surface area contributed by atoms with E-state index in [1.54, 1.807) is 38.2 Å². The van der Waals surface area contributed by atoms with Gasteiger partial charge < -0.3 is 0 Å². The third kappa shape index (κ3) is 3.81. The van der Waals surface area contributed by atoms with Crippen molar-refractivity contribution >= 4 is 10.0 Å². The maximum Gasteiger partial charge on any atom is 0.244 e. The van der Waals surface area contributed by atoms with E-state index in [2.05, 4.69) is 19.9 Å². The van der Waals surface area contributed by atoms with Crippen LogP contribution in [0, 0.1) is 19.7 Å². The second-order valence-electron chi connectivity index (χ2n) is 5.97. The number of nitrogens with one attached hydrogen (secondary N) is 2. The molecule has 3 rings (SSSR count). The summed E-state index contributed by atoms with van der Waals surface area (Å²) in [6.07, 6.45) is 1.64. The minimum atomic E-state index is -3.74. The molecule has 0 aliphatic rings. The number of hydrogen-bond acceptors (Lipinski definition) is 4. The van der Waals surface area contributed by atoms with Crippen molar-refractivity contribution in [1.82, 2.24) is 19.9 Å². The van der Waals surface area contributed by atoms with Crippen LogP contribution in [-0.4, -0.2) is 30.1 Å². The van der Waals surface area contributed by atoms with Gasteiger partial charge >= 0.3 is 0 Å². The van der Waals surface area contributed by atoms with E-state index in [0.29, 0.717) is 17.1 Å². The number of H-pyrrole nitrogens is 1. The van der Waals surface area contributed by atoms with Gasteiger partial charge in [-0.1, -0.05) is 18.2 Å². The zero-order valence-electron chi connectivity index (χ0n) is 14.4.